The number of hydrogen-bond acceptors (Lipinski definition) is 4. The Balaban J connectivity index is 1.71. The van der Waals surface area contributed by atoms with Gasteiger partial charge in [0.1, 0.15) is 5.82 Å². The predicted molar refractivity (Wildman–Crippen MR) is 65.2 cm³/mol. The minimum atomic E-state index is -0.579. The Morgan fingerprint density at radius 3 is 2.68 bits per heavy atom. The van der Waals surface area contributed by atoms with Crippen molar-refractivity contribution >= 4 is 5.97 Å². The third-order valence-electron chi connectivity index (χ3n) is 4.37. The molecule has 0 amide bonds. The van der Waals surface area contributed by atoms with Crippen LogP contribution < -0.4 is 0 Å². The fourth-order valence-corrected chi connectivity index (χ4v) is 3.43. The van der Waals surface area contributed by atoms with Gasteiger partial charge in [0.2, 0.25) is 0 Å². The molecule has 0 saturated heterocycles. The number of nitrogens with zero attached hydrogens (tertiary/aromatic N) is 1. The molecular formula is C14H16FNO3. The largest absolute Gasteiger partial charge is 0.465 e. The second kappa shape index (κ2) is 4.27. The number of carbonyl (C=O) groups excluding carboxylic acids is 1. The van der Waals surface area contributed by atoms with Crippen LogP contribution in [0.1, 0.15) is 47.7 Å². The summed E-state index contributed by atoms with van der Waals surface area (Å²) in [5.41, 5.74) is 0.788. The molecule has 3 rings (SSSR count). The lowest BCUT2D eigenvalue weighted by molar-refractivity contribution is -0.0935. The summed E-state index contributed by atoms with van der Waals surface area (Å²) in [6.07, 6.45) is 4.60. The van der Waals surface area contributed by atoms with Gasteiger partial charge in [-0.15, -0.1) is 0 Å². The van der Waals surface area contributed by atoms with Crippen LogP contribution in [0, 0.1) is 11.2 Å². The van der Waals surface area contributed by atoms with Crippen molar-refractivity contribution in [1.82, 2.24) is 4.98 Å². The van der Waals surface area contributed by atoms with E-state index in [4.69, 9.17) is 0 Å². The van der Waals surface area contributed by atoms with Gasteiger partial charge < -0.3 is 9.84 Å². The normalized spacial score (nSPS) is 32.6. The zero-order valence-corrected chi connectivity index (χ0v) is 10.7. The van der Waals surface area contributed by atoms with E-state index in [0.717, 1.165) is 25.7 Å². The number of ether oxygens (including phenoxy) is 1. The van der Waals surface area contributed by atoms with Crippen LogP contribution in [0.3, 0.4) is 0 Å². The van der Waals surface area contributed by atoms with Crippen LogP contribution in [0.2, 0.25) is 0 Å². The molecule has 1 N–H and O–H groups in total. The van der Waals surface area contributed by atoms with Crippen molar-refractivity contribution in [2.45, 2.75) is 37.7 Å². The zero-order chi connectivity index (χ0) is 13.6. The number of hydrogen-bond donors (Lipinski definition) is 1. The van der Waals surface area contributed by atoms with Crippen LogP contribution in [0.4, 0.5) is 4.39 Å². The molecule has 0 aromatic carbocycles. The maximum Gasteiger partial charge on any atom is 0.339 e. The van der Waals surface area contributed by atoms with E-state index in [9.17, 15) is 14.3 Å². The Labute approximate surface area is 110 Å². The molecule has 0 unspecified atom stereocenters. The Hall–Kier alpha value is -1.49. The number of carbonyl (C=O) groups is 1. The van der Waals surface area contributed by atoms with Crippen molar-refractivity contribution in [1.29, 1.82) is 0 Å². The number of aliphatic hydroxyl groups excluding tert-OH is 1. The molecule has 1 spiro atoms. The smallest absolute Gasteiger partial charge is 0.339 e. The molecule has 0 radical (unpaired) electrons. The number of methoxy groups -OCH3 is 1. The summed E-state index contributed by atoms with van der Waals surface area (Å²) < 4.78 is 18.5. The highest BCUT2D eigenvalue weighted by atomic mass is 19.1. The third-order valence-corrected chi connectivity index (χ3v) is 4.37. The van der Waals surface area contributed by atoms with Crippen molar-refractivity contribution in [3.8, 4) is 0 Å². The highest BCUT2D eigenvalue weighted by molar-refractivity contribution is 5.88. The average Bonchev–Trinajstić information content (AvgIpc) is 2.31. The molecule has 2 fully saturated rings. The van der Waals surface area contributed by atoms with E-state index < -0.39 is 11.8 Å². The van der Waals surface area contributed by atoms with Gasteiger partial charge in [-0.2, -0.15) is 0 Å². The Morgan fingerprint density at radius 1 is 1.47 bits per heavy atom. The minimum absolute atomic E-state index is 0.110. The lowest BCUT2D eigenvalue weighted by Crippen LogP contribution is -2.49. The molecular weight excluding hydrogens is 249 g/mol. The second-order valence-corrected chi connectivity index (χ2v) is 5.75. The van der Waals surface area contributed by atoms with Gasteiger partial charge in [0.25, 0.3) is 0 Å². The van der Waals surface area contributed by atoms with Gasteiger partial charge in [-0.25, -0.2) is 9.18 Å². The summed E-state index contributed by atoms with van der Waals surface area (Å²) in [5, 5.41) is 9.34. The molecule has 1 aromatic rings. The van der Waals surface area contributed by atoms with Gasteiger partial charge >= 0.3 is 5.97 Å². The third kappa shape index (κ3) is 2.02. The molecule has 0 aliphatic heterocycles. The summed E-state index contributed by atoms with van der Waals surface area (Å²) in [6, 6.07) is 1.19. The maximum absolute atomic E-state index is 13.9. The standard InChI is InChI=1S/C14H16FNO3/c1-19-13(18)8-2-11(15)12(16-7-8)9-3-14(4-9)5-10(17)6-14/h2,7,9-10,17H,3-6H2,1H3. The van der Waals surface area contributed by atoms with Crippen molar-refractivity contribution in [3.63, 3.8) is 0 Å². The van der Waals surface area contributed by atoms with E-state index in [1.165, 1.54) is 19.4 Å². The first kappa shape index (κ1) is 12.5. The first-order valence-corrected chi connectivity index (χ1v) is 6.45. The van der Waals surface area contributed by atoms with E-state index in [-0.39, 0.29) is 23.0 Å². The molecule has 0 bridgehead atoms. The van der Waals surface area contributed by atoms with Crippen LogP contribution in [0.15, 0.2) is 12.3 Å². The second-order valence-electron chi connectivity index (χ2n) is 5.75. The van der Waals surface area contributed by atoms with Crippen LogP contribution in [-0.4, -0.2) is 29.3 Å². The summed E-state index contributed by atoms with van der Waals surface area (Å²) in [6.45, 7) is 0. The molecule has 0 atom stereocenters. The first-order chi connectivity index (χ1) is 9.03. The molecule has 19 heavy (non-hydrogen) atoms. The van der Waals surface area contributed by atoms with Gasteiger partial charge in [-0.3, -0.25) is 4.98 Å². The fraction of sp³-hybridized carbons (Fsp3) is 0.571. The van der Waals surface area contributed by atoms with Gasteiger partial charge in [-0.05, 0) is 37.2 Å². The van der Waals surface area contributed by atoms with Gasteiger partial charge in [0.05, 0.1) is 24.5 Å². The SMILES string of the molecule is COC(=O)c1cnc(C2CC3(CC(O)C3)C2)c(F)c1. The van der Waals surface area contributed by atoms with Crippen LogP contribution >= 0.6 is 0 Å². The summed E-state index contributed by atoms with van der Waals surface area (Å²) in [7, 11) is 1.26. The fourth-order valence-electron chi connectivity index (χ4n) is 3.43. The van der Waals surface area contributed by atoms with E-state index >= 15 is 0 Å². The molecule has 4 nitrogen and oxygen atoms in total. The number of aromatic nitrogens is 1. The summed E-state index contributed by atoms with van der Waals surface area (Å²) in [5.74, 6) is -0.910. The summed E-state index contributed by atoms with van der Waals surface area (Å²) in [4.78, 5) is 15.3. The number of pyridine rings is 1. The topological polar surface area (TPSA) is 59.4 Å². The molecule has 1 heterocycles. The van der Waals surface area contributed by atoms with E-state index in [1.54, 1.807) is 0 Å². The molecule has 102 valence electrons. The monoisotopic (exact) mass is 265 g/mol. The van der Waals surface area contributed by atoms with Crippen LogP contribution in [0.25, 0.3) is 0 Å². The lowest BCUT2D eigenvalue weighted by Gasteiger charge is -2.56. The quantitative estimate of drug-likeness (QED) is 0.831. The first-order valence-electron chi connectivity index (χ1n) is 6.45. The van der Waals surface area contributed by atoms with E-state index in [1.807, 2.05) is 0 Å². The maximum atomic E-state index is 13.9. The van der Waals surface area contributed by atoms with Crippen LogP contribution in [0.5, 0.6) is 0 Å². The van der Waals surface area contributed by atoms with Crippen molar-refractivity contribution in [2.75, 3.05) is 7.11 Å². The van der Waals surface area contributed by atoms with Gasteiger partial charge in [-0.1, -0.05) is 0 Å². The number of aliphatic hydroxyl groups is 1. The van der Waals surface area contributed by atoms with Crippen molar-refractivity contribution in [2.24, 2.45) is 5.41 Å². The Kier molecular flexibility index (Phi) is 2.82. The average molecular weight is 265 g/mol. The number of halogens is 1. The Morgan fingerprint density at radius 2 is 2.16 bits per heavy atom. The predicted octanol–water partition coefficient (Wildman–Crippen LogP) is 2.03. The molecule has 5 heteroatoms. The molecule has 2 aliphatic rings. The lowest BCUT2D eigenvalue weighted by atomic mass is 9.50. The number of rotatable bonds is 2. The van der Waals surface area contributed by atoms with E-state index in [2.05, 4.69) is 9.72 Å². The van der Waals surface area contributed by atoms with Crippen molar-refractivity contribution < 1.29 is 19.0 Å². The zero-order valence-electron chi connectivity index (χ0n) is 10.7. The molecule has 1 aromatic heterocycles. The van der Waals surface area contributed by atoms with Crippen LogP contribution in [-0.2, 0) is 4.74 Å². The molecule has 2 saturated carbocycles. The summed E-state index contributed by atoms with van der Waals surface area (Å²) >= 11 is 0. The highest BCUT2D eigenvalue weighted by Crippen LogP contribution is 2.61. The Bertz CT molecular complexity index is 517. The minimum Gasteiger partial charge on any atom is -0.465 e. The van der Waals surface area contributed by atoms with E-state index in [0.29, 0.717) is 5.69 Å². The molecule has 2 aliphatic carbocycles. The van der Waals surface area contributed by atoms with Gasteiger partial charge in [0.15, 0.2) is 0 Å². The number of esters is 1. The van der Waals surface area contributed by atoms with Gasteiger partial charge in [0, 0.05) is 12.1 Å². The highest BCUT2D eigenvalue weighted by Gasteiger charge is 2.53. The van der Waals surface area contributed by atoms with Crippen molar-refractivity contribution in [3.05, 3.63) is 29.3 Å².